The van der Waals surface area contributed by atoms with Crippen LogP contribution in [0.15, 0.2) is 12.1 Å². The number of carbonyl (C=O) groups excluding carboxylic acids is 1. The quantitative estimate of drug-likeness (QED) is 0.901. The van der Waals surface area contributed by atoms with Gasteiger partial charge in [0.05, 0.1) is 11.6 Å². The highest BCUT2D eigenvalue weighted by atomic mass is 16.6. The van der Waals surface area contributed by atoms with E-state index >= 15 is 0 Å². The van der Waals surface area contributed by atoms with Gasteiger partial charge >= 0.3 is 6.09 Å². The Hall–Kier alpha value is -2.29. The van der Waals surface area contributed by atoms with E-state index in [1.807, 2.05) is 40.7 Å². The normalized spacial score (nSPS) is 17.1. The minimum atomic E-state index is -0.500. The number of nitrogens with zero attached hydrogens (tertiary/aromatic N) is 3. The lowest BCUT2D eigenvalue weighted by atomic mass is 9.90. The molecular weight excluding hydrogens is 304 g/mol. The largest absolute Gasteiger partial charge is 0.444 e. The van der Waals surface area contributed by atoms with Crippen molar-refractivity contribution in [3.63, 3.8) is 0 Å². The van der Waals surface area contributed by atoms with E-state index in [1.165, 1.54) is 0 Å². The van der Waals surface area contributed by atoms with Crippen molar-refractivity contribution in [2.24, 2.45) is 0 Å². The van der Waals surface area contributed by atoms with Gasteiger partial charge < -0.3 is 15.0 Å². The van der Waals surface area contributed by atoms with Crippen molar-refractivity contribution in [1.29, 1.82) is 5.26 Å². The maximum absolute atomic E-state index is 12.0. The number of nitriles is 1. The minimum Gasteiger partial charge on any atom is -0.444 e. The second kappa shape index (κ2) is 6.68. The number of ether oxygens (including phenoxy) is 1. The van der Waals surface area contributed by atoms with E-state index in [-0.39, 0.29) is 11.6 Å². The summed E-state index contributed by atoms with van der Waals surface area (Å²) in [6.45, 7) is 11.0. The number of hydrogen-bond acceptors (Lipinski definition) is 5. The summed E-state index contributed by atoms with van der Waals surface area (Å²) in [6, 6.07) is 5.77. The number of amides is 1. The van der Waals surface area contributed by atoms with Gasteiger partial charge in [-0.1, -0.05) is 0 Å². The van der Waals surface area contributed by atoms with Crippen molar-refractivity contribution < 1.29 is 9.53 Å². The highest BCUT2D eigenvalue weighted by molar-refractivity contribution is 5.68. The van der Waals surface area contributed by atoms with E-state index in [4.69, 9.17) is 10.00 Å². The van der Waals surface area contributed by atoms with Gasteiger partial charge in [0.25, 0.3) is 0 Å². The predicted octanol–water partition coefficient (Wildman–Crippen LogP) is 3.15. The first kappa shape index (κ1) is 18.1. The molecule has 2 rings (SSSR count). The number of anilines is 1. The lowest BCUT2D eigenvalue weighted by Crippen LogP contribution is -2.54. The van der Waals surface area contributed by atoms with Crippen LogP contribution in [0.2, 0.25) is 0 Å². The third kappa shape index (κ3) is 4.85. The molecule has 24 heavy (non-hydrogen) atoms. The van der Waals surface area contributed by atoms with Gasteiger partial charge in [-0.15, -0.1) is 0 Å². The molecule has 1 N–H and O–H groups in total. The fourth-order valence-corrected chi connectivity index (χ4v) is 2.78. The molecule has 6 heteroatoms. The zero-order valence-corrected chi connectivity index (χ0v) is 15.1. The number of piperidine rings is 1. The summed E-state index contributed by atoms with van der Waals surface area (Å²) in [4.78, 5) is 18.7. The Morgan fingerprint density at radius 1 is 1.38 bits per heavy atom. The smallest absolute Gasteiger partial charge is 0.408 e. The first-order chi connectivity index (χ1) is 11.1. The molecule has 130 valence electrons. The van der Waals surface area contributed by atoms with Crippen LogP contribution >= 0.6 is 0 Å². The van der Waals surface area contributed by atoms with Crippen LogP contribution in [-0.2, 0) is 4.74 Å². The molecule has 1 fully saturated rings. The molecule has 0 unspecified atom stereocenters. The molecule has 0 aromatic carbocycles. The van der Waals surface area contributed by atoms with Crippen molar-refractivity contribution in [2.75, 3.05) is 18.0 Å². The van der Waals surface area contributed by atoms with Crippen LogP contribution in [0.1, 0.15) is 51.8 Å². The molecule has 1 aromatic rings. The van der Waals surface area contributed by atoms with Crippen LogP contribution in [-0.4, -0.2) is 35.3 Å². The number of aryl methyl sites for hydroxylation is 1. The van der Waals surface area contributed by atoms with Crippen molar-refractivity contribution in [2.45, 2.75) is 58.6 Å². The average Bonchev–Trinajstić information content (AvgIpc) is 2.44. The number of aromatic nitrogens is 1. The summed E-state index contributed by atoms with van der Waals surface area (Å²) < 4.78 is 5.35. The molecule has 0 spiro atoms. The van der Waals surface area contributed by atoms with Crippen LogP contribution < -0.4 is 10.2 Å². The molecular formula is C18H26N4O2. The van der Waals surface area contributed by atoms with E-state index < -0.39 is 5.60 Å². The van der Waals surface area contributed by atoms with Gasteiger partial charge in [0.1, 0.15) is 11.4 Å². The molecule has 0 atom stereocenters. The first-order valence-electron chi connectivity index (χ1n) is 8.25. The molecule has 2 heterocycles. The second-order valence-corrected chi connectivity index (χ2v) is 7.64. The zero-order valence-electron chi connectivity index (χ0n) is 15.1. The monoisotopic (exact) mass is 330 g/mol. The molecule has 6 nitrogen and oxygen atoms in total. The van der Waals surface area contributed by atoms with Gasteiger partial charge in [-0.3, -0.25) is 0 Å². The predicted molar refractivity (Wildman–Crippen MR) is 92.9 cm³/mol. The van der Waals surface area contributed by atoms with Gasteiger partial charge in [-0.25, -0.2) is 9.78 Å². The van der Waals surface area contributed by atoms with Crippen LogP contribution in [0.4, 0.5) is 10.6 Å². The second-order valence-electron chi connectivity index (χ2n) is 7.64. The maximum atomic E-state index is 12.0. The van der Waals surface area contributed by atoms with Crippen LogP contribution in [0.3, 0.4) is 0 Å². The summed E-state index contributed by atoms with van der Waals surface area (Å²) in [5, 5.41) is 12.1. The Balaban J connectivity index is 1.99. The topological polar surface area (TPSA) is 78.2 Å². The van der Waals surface area contributed by atoms with Gasteiger partial charge in [0.2, 0.25) is 0 Å². The third-order valence-corrected chi connectivity index (χ3v) is 4.06. The Kier molecular flexibility index (Phi) is 5.02. The van der Waals surface area contributed by atoms with E-state index in [0.29, 0.717) is 5.56 Å². The minimum absolute atomic E-state index is 0.291. The van der Waals surface area contributed by atoms with Crippen molar-refractivity contribution >= 4 is 11.9 Å². The molecule has 0 bridgehead atoms. The average molecular weight is 330 g/mol. The molecule has 1 amide bonds. The molecule has 0 saturated carbocycles. The molecule has 1 aliphatic heterocycles. The Morgan fingerprint density at radius 3 is 2.54 bits per heavy atom. The SMILES string of the molecule is Cc1cc(C#N)cc(N2CCC(C)(NC(=O)OC(C)(C)C)CC2)n1. The lowest BCUT2D eigenvalue weighted by molar-refractivity contribution is 0.0448. The number of alkyl carbamates (subject to hydrolysis) is 1. The number of rotatable bonds is 2. The molecule has 0 aliphatic carbocycles. The Morgan fingerprint density at radius 2 is 2.00 bits per heavy atom. The molecule has 0 radical (unpaired) electrons. The zero-order chi connectivity index (χ0) is 18.0. The van der Waals surface area contributed by atoms with Crippen LogP contribution in [0.25, 0.3) is 0 Å². The van der Waals surface area contributed by atoms with Gasteiger partial charge in [0.15, 0.2) is 0 Å². The van der Waals surface area contributed by atoms with E-state index in [2.05, 4.69) is 21.3 Å². The van der Waals surface area contributed by atoms with E-state index in [1.54, 1.807) is 6.07 Å². The fraction of sp³-hybridized carbons (Fsp3) is 0.611. The highest BCUT2D eigenvalue weighted by Gasteiger charge is 2.33. The van der Waals surface area contributed by atoms with E-state index in [0.717, 1.165) is 37.4 Å². The molecule has 1 saturated heterocycles. The first-order valence-corrected chi connectivity index (χ1v) is 8.25. The Labute approximate surface area is 143 Å². The summed E-state index contributed by atoms with van der Waals surface area (Å²) >= 11 is 0. The number of hydrogen-bond donors (Lipinski definition) is 1. The summed E-state index contributed by atoms with van der Waals surface area (Å²) in [6.07, 6.45) is 1.21. The van der Waals surface area contributed by atoms with Crippen molar-refractivity contribution in [1.82, 2.24) is 10.3 Å². The van der Waals surface area contributed by atoms with Crippen molar-refractivity contribution in [3.05, 3.63) is 23.4 Å². The number of carbonyl (C=O) groups is 1. The van der Waals surface area contributed by atoms with Gasteiger partial charge in [-0.2, -0.15) is 5.26 Å². The summed E-state index contributed by atoms with van der Waals surface area (Å²) in [5.41, 5.74) is 0.670. The lowest BCUT2D eigenvalue weighted by Gasteiger charge is -2.40. The fourth-order valence-electron chi connectivity index (χ4n) is 2.78. The molecule has 1 aromatic heterocycles. The Bertz CT molecular complexity index is 650. The highest BCUT2D eigenvalue weighted by Crippen LogP contribution is 2.26. The van der Waals surface area contributed by atoms with E-state index in [9.17, 15) is 4.79 Å². The maximum Gasteiger partial charge on any atom is 0.408 e. The standard InChI is InChI=1S/C18H26N4O2/c1-13-10-14(12-19)11-15(20-13)22-8-6-18(5,7-9-22)21-16(23)24-17(2,3)4/h10-11H,6-9H2,1-5H3,(H,21,23). The molecule has 1 aliphatic rings. The number of pyridine rings is 1. The summed E-state index contributed by atoms with van der Waals surface area (Å²) in [7, 11) is 0. The van der Waals surface area contributed by atoms with Crippen molar-refractivity contribution in [3.8, 4) is 6.07 Å². The van der Waals surface area contributed by atoms with Gasteiger partial charge in [0, 0.05) is 24.3 Å². The van der Waals surface area contributed by atoms with Crippen LogP contribution in [0, 0.1) is 18.3 Å². The third-order valence-electron chi connectivity index (χ3n) is 4.06. The summed E-state index contributed by atoms with van der Waals surface area (Å²) in [5.74, 6) is 0.825. The van der Waals surface area contributed by atoms with Gasteiger partial charge in [-0.05, 0) is 59.6 Å². The van der Waals surface area contributed by atoms with Crippen LogP contribution in [0.5, 0.6) is 0 Å². The number of nitrogens with one attached hydrogen (secondary N) is 1.